The van der Waals surface area contributed by atoms with Crippen molar-refractivity contribution in [1.29, 1.82) is 0 Å². The standard InChI is InChI=1S/C17H25NO3.ClH/c1-18(2)12-13-21-16(19)15(14-8-4-3-5-9-14)17(20)10-6-7-11-17;/h3-5,8-9,15,20H,6-7,10-13H2,1-2H3;1H/t15-;/m1./s1. The van der Waals surface area contributed by atoms with E-state index < -0.39 is 11.5 Å². The van der Waals surface area contributed by atoms with Crippen molar-refractivity contribution >= 4 is 18.4 Å². The highest BCUT2D eigenvalue weighted by atomic mass is 35.5. The van der Waals surface area contributed by atoms with Crippen LogP contribution in [0.5, 0.6) is 0 Å². The maximum absolute atomic E-state index is 12.5. The van der Waals surface area contributed by atoms with Crippen LogP contribution in [0.4, 0.5) is 0 Å². The van der Waals surface area contributed by atoms with Gasteiger partial charge < -0.3 is 14.7 Å². The second-order valence-corrected chi connectivity index (χ2v) is 6.13. The number of hydrogen-bond acceptors (Lipinski definition) is 4. The summed E-state index contributed by atoms with van der Waals surface area (Å²) in [5, 5.41) is 10.9. The Morgan fingerprint density at radius 3 is 2.41 bits per heavy atom. The second-order valence-electron chi connectivity index (χ2n) is 6.13. The van der Waals surface area contributed by atoms with Crippen LogP contribution < -0.4 is 0 Å². The minimum Gasteiger partial charge on any atom is -0.464 e. The molecule has 1 atom stereocenters. The van der Waals surface area contributed by atoms with Crippen LogP contribution in [0.15, 0.2) is 30.3 Å². The van der Waals surface area contributed by atoms with Crippen LogP contribution in [0.1, 0.15) is 37.2 Å². The van der Waals surface area contributed by atoms with Gasteiger partial charge in [0.15, 0.2) is 0 Å². The average molecular weight is 328 g/mol. The second kappa shape index (κ2) is 8.51. The molecule has 1 aromatic carbocycles. The summed E-state index contributed by atoms with van der Waals surface area (Å²) in [6.07, 6.45) is 3.25. The summed E-state index contributed by atoms with van der Waals surface area (Å²) in [5.41, 5.74) is -0.118. The molecule has 0 heterocycles. The quantitative estimate of drug-likeness (QED) is 0.816. The number of esters is 1. The Balaban J connectivity index is 0.00000242. The maximum Gasteiger partial charge on any atom is 0.316 e. The molecule has 0 bridgehead atoms. The van der Waals surface area contributed by atoms with Crippen LogP contribution in [0.3, 0.4) is 0 Å². The zero-order valence-electron chi connectivity index (χ0n) is 13.3. The molecule has 1 saturated carbocycles. The van der Waals surface area contributed by atoms with E-state index in [9.17, 15) is 9.90 Å². The molecule has 4 nitrogen and oxygen atoms in total. The molecule has 5 heteroatoms. The summed E-state index contributed by atoms with van der Waals surface area (Å²) in [6.45, 7) is 1.04. The molecule has 0 amide bonds. The van der Waals surface area contributed by atoms with E-state index in [-0.39, 0.29) is 18.4 Å². The van der Waals surface area contributed by atoms with Gasteiger partial charge in [-0.15, -0.1) is 12.4 Å². The molecule has 0 aliphatic heterocycles. The van der Waals surface area contributed by atoms with Crippen molar-refractivity contribution < 1.29 is 14.6 Å². The third-order valence-electron chi connectivity index (χ3n) is 4.16. The monoisotopic (exact) mass is 327 g/mol. The fourth-order valence-electron chi connectivity index (χ4n) is 3.00. The van der Waals surface area contributed by atoms with Crippen LogP contribution in [0.2, 0.25) is 0 Å². The number of aliphatic hydroxyl groups is 1. The smallest absolute Gasteiger partial charge is 0.316 e. The molecule has 1 fully saturated rings. The highest BCUT2D eigenvalue weighted by Crippen LogP contribution is 2.41. The third kappa shape index (κ3) is 4.70. The average Bonchev–Trinajstić information content (AvgIpc) is 2.87. The zero-order chi connectivity index (χ0) is 15.3. The highest BCUT2D eigenvalue weighted by molar-refractivity contribution is 5.85. The number of hydrogen-bond donors (Lipinski definition) is 1. The Kier molecular flexibility index (Phi) is 7.33. The van der Waals surface area contributed by atoms with E-state index in [0.717, 1.165) is 18.4 Å². The van der Waals surface area contributed by atoms with Gasteiger partial charge in [-0.05, 0) is 32.5 Å². The van der Waals surface area contributed by atoms with Gasteiger partial charge in [-0.25, -0.2) is 0 Å². The lowest BCUT2D eigenvalue weighted by Gasteiger charge is -2.31. The molecular weight excluding hydrogens is 302 g/mol. The number of carbonyl (C=O) groups is 1. The van der Waals surface area contributed by atoms with Gasteiger partial charge in [0.25, 0.3) is 0 Å². The number of ether oxygens (including phenoxy) is 1. The summed E-state index contributed by atoms with van der Waals surface area (Å²) < 4.78 is 5.41. The van der Waals surface area contributed by atoms with Crippen molar-refractivity contribution in [3.05, 3.63) is 35.9 Å². The summed E-state index contributed by atoms with van der Waals surface area (Å²) in [6, 6.07) is 9.50. The van der Waals surface area contributed by atoms with Gasteiger partial charge in [-0.3, -0.25) is 4.79 Å². The van der Waals surface area contributed by atoms with Gasteiger partial charge >= 0.3 is 5.97 Å². The van der Waals surface area contributed by atoms with Crippen molar-refractivity contribution in [2.45, 2.75) is 37.2 Å². The van der Waals surface area contributed by atoms with Gasteiger partial charge in [-0.2, -0.15) is 0 Å². The molecular formula is C17H26ClNO3. The van der Waals surface area contributed by atoms with Crippen molar-refractivity contribution in [2.24, 2.45) is 0 Å². The number of likely N-dealkylation sites (N-methyl/N-ethyl adjacent to an activating group) is 1. The van der Waals surface area contributed by atoms with Crippen LogP contribution >= 0.6 is 12.4 Å². The minimum absolute atomic E-state index is 0. The summed E-state index contributed by atoms with van der Waals surface area (Å²) in [4.78, 5) is 14.5. The molecule has 0 aromatic heterocycles. The van der Waals surface area contributed by atoms with Crippen LogP contribution in [0.25, 0.3) is 0 Å². The van der Waals surface area contributed by atoms with Gasteiger partial charge in [0.1, 0.15) is 12.5 Å². The highest BCUT2D eigenvalue weighted by Gasteiger charge is 2.45. The largest absolute Gasteiger partial charge is 0.464 e. The van der Waals surface area contributed by atoms with E-state index in [1.54, 1.807) is 0 Å². The Labute approximate surface area is 138 Å². The van der Waals surface area contributed by atoms with Crippen LogP contribution in [-0.4, -0.2) is 48.8 Å². The first-order valence-corrected chi connectivity index (χ1v) is 7.62. The number of rotatable bonds is 6. The number of halogens is 1. The summed E-state index contributed by atoms with van der Waals surface area (Å²) >= 11 is 0. The molecule has 0 radical (unpaired) electrons. The molecule has 1 aromatic rings. The van der Waals surface area contributed by atoms with Crippen LogP contribution in [0, 0.1) is 0 Å². The van der Waals surface area contributed by atoms with Gasteiger partial charge in [0.2, 0.25) is 0 Å². The topological polar surface area (TPSA) is 49.8 Å². The molecule has 1 N–H and O–H groups in total. The lowest BCUT2D eigenvalue weighted by molar-refractivity contribution is -0.152. The van der Waals surface area contributed by atoms with E-state index in [0.29, 0.717) is 26.0 Å². The van der Waals surface area contributed by atoms with Crippen LogP contribution in [-0.2, 0) is 9.53 Å². The van der Waals surface area contributed by atoms with E-state index >= 15 is 0 Å². The predicted octanol–water partition coefficient (Wildman–Crippen LogP) is 2.60. The van der Waals surface area contributed by atoms with Crippen molar-refractivity contribution in [2.75, 3.05) is 27.2 Å². The normalized spacial score (nSPS) is 17.8. The fourth-order valence-corrected chi connectivity index (χ4v) is 3.00. The predicted molar refractivity (Wildman–Crippen MR) is 89.4 cm³/mol. The molecule has 22 heavy (non-hydrogen) atoms. The molecule has 0 unspecified atom stereocenters. The lowest BCUT2D eigenvalue weighted by Crippen LogP contribution is -2.39. The van der Waals surface area contributed by atoms with Gasteiger partial charge in [0, 0.05) is 6.54 Å². The number of nitrogens with zero attached hydrogens (tertiary/aromatic N) is 1. The van der Waals surface area contributed by atoms with Crippen molar-refractivity contribution in [3.8, 4) is 0 Å². The molecule has 124 valence electrons. The molecule has 1 aliphatic carbocycles. The summed E-state index contributed by atoms with van der Waals surface area (Å²) in [5.74, 6) is -0.893. The Bertz CT molecular complexity index is 458. The van der Waals surface area contributed by atoms with E-state index in [4.69, 9.17) is 4.74 Å². The van der Waals surface area contributed by atoms with Crippen molar-refractivity contribution in [1.82, 2.24) is 4.90 Å². The Hall–Kier alpha value is -1.10. The Morgan fingerprint density at radius 1 is 1.27 bits per heavy atom. The molecule has 0 spiro atoms. The minimum atomic E-state index is -0.962. The SMILES string of the molecule is CN(C)CCOC(=O)[C@@H](c1ccccc1)C1(O)CCCC1.Cl. The fraction of sp³-hybridized carbons (Fsp3) is 0.588. The third-order valence-corrected chi connectivity index (χ3v) is 4.16. The van der Waals surface area contributed by atoms with E-state index in [1.165, 1.54) is 0 Å². The van der Waals surface area contributed by atoms with Gasteiger partial charge in [-0.1, -0.05) is 43.2 Å². The number of carbonyl (C=O) groups excluding carboxylic acids is 1. The lowest BCUT2D eigenvalue weighted by atomic mass is 9.81. The van der Waals surface area contributed by atoms with E-state index in [1.807, 2.05) is 49.3 Å². The van der Waals surface area contributed by atoms with Gasteiger partial charge in [0.05, 0.1) is 5.60 Å². The molecule has 2 rings (SSSR count). The molecule has 0 saturated heterocycles. The molecule has 1 aliphatic rings. The first-order valence-electron chi connectivity index (χ1n) is 7.62. The first kappa shape index (κ1) is 18.9. The number of benzene rings is 1. The summed E-state index contributed by atoms with van der Waals surface area (Å²) in [7, 11) is 3.88. The van der Waals surface area contributed by atoms with E-state index in [2.05, 4.69) is 0 Å². The zero-order valence-corrected chi connectivity index (χ0v) is 14.1. The first-order chi connectivity index (χ1) is 10.0. The van der Waals surface area contributed by atoms with Crippen molar-refractivity contribution in [3.63, 3.8) is 0 Å². The Morgan fingerprint density at radius 2 is 1.86 bits per heavy atom. The maximum atomic E-state index is 12.5.